The Labute approximate surface area is 111 Å². The number of hydrogen-bond acceptors (Lipinski definition) is 3. The first-order chi connectivity index (χ1) is 9.15. The van der Waals surface area contributed by atoms with Gasteiger partial charge in [0.1, 0.15) is 0 Å². The van der Waals surface area contributed by atoms with Crippen molar-refractivity contribution < 1.29 is 9.53 Å². The van der Waals surface area contributed by atoms with Crippen molar-refractivity contribution in [2.45, 2.75) is 6.92 Å². The Morgan fingerprint density at radius 3 is 2.79 bits per heavy atom. The number of carbonyl (C=O) groups excluding carboxylic acids is 1. The topological polar surface area (TPSA) is 76.7 Å². The van der Waals surface area contributed by atoms with Crippen LogP contribution < -0.4 is 11.1 Å². The largest absolute Gasteiger partial charge is 0.469 e. The Balaban J connectivity index is 2.68. The molecule has 0 saturated heterocycles. The highest BCUT2D eigenvalue weighted by Crippen LogP contribution is 2.31. The van der Waals surface area contributed by atoms with E-state index in [1.807, 2.05) is 37.3 Å². The second kappa shape index (κ2) is 5.39. The second-order valence-corrected chi connectivity index (χ2v) is 4.08. The van der Waals surface area contributed by atoms with Crippen molar-refractivity contribution >= 4 is 34.6 Å². The number of amides is 1. The van der Waals surface area contributed by atoms with E-state index in [4.69, 9.17) is 10.5 Å². The molecule has 0 bridgehead atoms. The average molecular weight is 257 g/mol. The third-order valence-corrected chi connectivity index (χ3v) is 2.85. The highest BCUT2D eigenvalue weighted by molar-refractivity contribution is 5.98. The van der Waals surface area contributed by atoms with Gasteiger partial charge in [0, 0.05) is 11.1 Å². The van der Waals surface area contributed by atoms with Gasteiger partial charge in [0.2, 0.25) is 6.41 Å². The number of aryl methyl sites for hydroxylation is 1. The number of anilines is 1. The van der Waals surface area contributed by atoms with E-state index in [1.54, 1.807) is 0 Å². The molecule has 19 heavy (non-hydrogen) atoms. The molecule has 0 spiro atoms. The Hall–Kier alpha value is -2.56. The second-order valence-electron chi connectivity index (χ2n) is 4.08. The maximum absolute atomic E-state index is 10.5. The zero-order valence-corrected chi connectivity index (χ0v) is 10.8. The number of rotatable bonds is 3. The smallest absolute Gasteiger partial charge is 0.286 e. The maximum Gasteiger partial charge on any atom is 0.286 e. The average Bonchev–Trinajstić information content (AvgIpc) is 2.42. The Kier molecular flexibility index (Phi) is 3.66. The summed E-state index contributed by atoms with van der Waals surface area (Å²) in [6.45, 7) is 1.95. The third kappa shape index (κ3) is 2.65. The van der Waals surface area contributed by atoms with Crippen molar-refractivity contribution in [2.75, 3.05) is 12.4 Å². The number of hydrogen-bond donors (Lipinski definition) is 2. The molecule has 0 heterocycles. The van der Waals surface area contributed by atoms with Crippen LogP contribution in [-0.2, 0) is 9.53 Å². The number of nitrogens with two attached hydrogens (primary N) is 1. The van der Waals surface area contributed by atoms with Gasteiger partial charge in [-0.05, 0) is 30.0 Å². The van der Waals surface area contributed by atoms with Gasteiger partial charge in [-0.15, -0.1) is 0 Å². The molecular formula is C14H15N3O2. The predicted octanol–water partition coefficient (Wildman–Crippen LogP) is 2.31. The summed E-state index contributed by atoms with van der Waals surface area (Å²) in [7, 11) is 1.47. The van der Waals surface area contributed by atoms with E-state index >= 15 is 0 Å². The fourth-order valence-corrected chi connectivity index (χ4v) is 1.87. The number of nitrogens with one attached hydrogen (secondary N) is 1. The van der Waals surface area contributed by atoms with Gasteiger partial charge in [-0.25, -0.2) is 0 Å². The van der Waals surface area contributed by atoms with Gasteiger partial charge in [-0.2, -0.15) is 4.99 Å². The lowest BCUT2D eigenvalue weighted by Gasteiger charge is -2.08. The molecule has 0 aliphatic rings. The van der Waals surface area contributed by atoms with Crippen LogP contribution >= 0.6 is 0 Å². The summed E-state index contributed by atoms with van der Waals surface area (Å²) in [5, 5.41) is 4.55. The number of carbonyl (C=O) groups is 1. The number of methoxy groups -OCH3 is 1. The summed E-state index contributed by atoms with van der Waals surface area (Å²) in [5.74, 6) is 0. The van der Waals surface area contributed by atoms with Crippen molar-refractivity contribution in [2.24, 2.45) is 10.7 Å². The molecule has 5 nitrogen and oxygen atoms in total. The first-order valence-corrected chi connectivity index (χ1v) is 5.77. The summed E-state index contributed by atoms with van der Waals surface area (Å²) >= 11 is 0. The minimum absolute atomic E-state index is 0.101. The van der Waals surface area contributed by atoms with Crippen molar-refractivity contribution in [3.8, 4) is 0 Å². The molecule has 0 aromatic heterocycles. The summed E-state index contributed by atoms with van der Waals surface area (Å²) in [6.07, 6.45) is 0.642. The first-order valence-electron chi connectivity index (χ1n) is 5.77. The van der Waals surface area contributed by atoms with Gasteiger partial charge in [-0.1, -0.05) is 18.2 Å². The molecule has 0 aliphatic heterocycles. The van der Waals surface area contributed by atoms with Crippen LogP contribution in [0, 0.1) is 6.92 Å². The van der Waals surface area contributed by atoms with E-state index < -0.39 is 0 Å². The molecule has 2 aromatic rings. The van der Waals surface area contributed by atoms with Gasteiger partial charge in [0.25, 0.3) is 6.02 Å². The van der Waals surface area contributed by atoms with Crippen LogP contribution in [-0.4, -0.2) is 19.5 Å². The van der Waals surface area contributed by atoms with Crippen molar-refractivity contribution in [1.29, 1.82) is 0 Å². The van der Waals surface area contributed by atoms with Gasteiger partial charge in [-0.3, -0.25) is 4.79 Å². The molecule has 0 radical (unpaired) electrons. The maximum atomic E-state index is 10.5. The molecule has 0 fully saturated rings. The lowest BCUT2D eigenvalue weighted by Crippen LogP contribution is -2.12. The lowest BCUT2D eigenvalue weighted by molar-refractivity contribution is -0.105. The number of amidine groups is 1. The Morgan fingerprint density at radius 1 is 1.37 bits per heavy atom. The predicted molar refractivity (Wildman–Crippen MR) is 76.7 cm³/mol. The van der Waals surface area contributed by atoms with E-state index in [0.717, 1.165) is 22.0 Å². The van der Waals surface area contributed by atoms with Crippen LogP contribution in [0.25, 0.3) is 10.8 Å². The molecule has 98 valence electrons. The van der Waals surface area contributed by atoms with Crippen LogP contribution in [0.5, 0.6) is 0 Å². The molecule has 5 heteroatoms. The molecule has 2 rings (SSSR count). The SMILES string of the molecule is COC(N)=Nc1c(C)ccc2ccc(NC=O)cc12. The van der Waals surface area contributed by atoms with E-state index in [2.05, 4.69) is 10.3 Å². The standard InChI is InChI=1S/C14H15N3O2/c1-9-3-4-10-5-6-11(16-8-18)7-12(10)13(9)17-14(15)19-2/h3-8H,1-2H3,(H2,15,17)(H,16,18). The molecule has 1 amide bonds. The molecule has 0 aliphatic carbocycles. The van der Waals surface area contributed by atoms with Crippen molar-refractivity contribution in [3.05, 3.63) is 35.9 Å². The van der Waals surface area contributed by atoms with Crippen molar-refractivity contribution in [1.82, 2.24) is 0 Å². The number of aliphatic imine (C=N–C) groups is 1. The van der Waals surface area contributed by atoms with Gasteiger partial charge in [0.15, 0.2) is 0 Å². The minimum Gasteiger partial charge on any atom is -0.469 e. The van der Waals surface area contributed by atoms with Crippen LogP contribution in [0.4, 0.5) is 11.4 Å². The number of nitrogens with zero attached hydrogens (tertiary/aromatic N) is 1. The fraction of sp³-hybridized carbons (Fsp3) is 0.143. The monoisotopic (exact) mass is 257 g/mol. The van der Waals surface area contributed by atoms with E-state index in [-0.39, 0.29) is 6.02 Å². The molecule has 0 saturated carbocycles. The Morgan fingerprint density at radius 2 is 2.11 bits per heavy atom. The zero-order chi connectivity index (χ0) is 13.8. The van der Waals surface area contributed by atoms with Crippen LogP contribution in [0.15, 0.2) is 35.3 Å². The van der Waals surface area contributed by atoms with Crippen molar-refractivity contribution in [3.63, 3.8) is 0 Å². The third-order valence-electron chi connectivity index (χ3n) is 2.85. The molecule has 0 unspecified atom stereocenters. The Bertz CT molecular complexity index is 650. The van der Waals surface area contributed by atoms with Gasteiger partial charge in [0.05, 0.1) is 12.8 Å². The van der Waals surface area contributed by atoms with Gasteiger partial charge >= 0.3 is 0 Å². The summed E-state index contributed by atoms with van der Waals surface area (Å²) in [4.78, 5) is 14.8. The molecule has 2 aromatic carbocycles. The van der Waals surface area contributed by atoms with E-state index in [1.165, 1.54) is 7.11 Å². The van der Waals surface area contributed by atoms with Crippen LogP contribution in [0.2, 0.25) is 0 Å². The lowest BCUT2D eigenvalue weighted by atomic mass is 10.0. The number of fused-ring (bicyclic) bond motifs is 1. The summed E-state index contributed by atoms with van der Waals surface area (Å²) in [6, 6.07) is 9.68. The molecule has 3 N–H and O–H groups in total. The van der Waals surface area contributed by atoms with E-state index in [0.29, 0.717) is 12.1 Å². The zero-order valence-electron chi connectivity index (χ0n) is 10.8. The molecular weight excluding hydrogens is 242 g/mol. The first kappa shape index (κ1) is 12.9. The van der Waals surface area contributed by atoms with Gasteiger partial charge < -0.3 is 15.8 Å². The minimum atomic E-state index is 0.101. The van der Waals surface area contributed by atoms with Crippen LogP contribution in [0.3, 0.4) is 0 Å². The summed E-state index contributed by atoms with van der Waals surface area (Å²) < 4.78 is 4.89. The number of ether oxygens (including phenoxy) is 1. The van der Waals surface area contributed by atoms with Crippen LogP contribution in [0.1, 0.15) is 5.56 Å². The summed E-state index contributed by atoms with van der Waals surface area (Å²) in [5.41, 5.74) is 8.05. The van der Waals surface area contributed by atoms with E-state index in [9.17, 15) is 4.79 Å². The highest BCUT2D eigenvalue weighted by Gasteiger charge is 2.06. The quantitative estimate of drug-likeness (QED) is 0.503. The molecule has 0 atom stereocenters. The normalized spacial score (nSPS) is 11.4. The highest BCUT2D eigenvalue weighted by atomic mass is 16.5. The number of benzene rings is 2. The fourth-order valence-electron chi connectivity index (χ4n) is 1.87.